The van der Waals surface area contributed by atoms with Crippen molar-refractivity contribution in [2.24, 2.45) is 29.1 Å². The van der Waals surface area contributed by atoms with E-state index in [2.05, 4.69) is 0 Å². The summed E-state index contributed by atoms with van der Waals surface area (Å²) >= 11 is 0. The van der Waals surface area contributed by atoms with Gasteiger partial charge in [0.2, 0.25) is 0 Å². The lowest BCUT2D eigenvalue weighted by Gasteiger charge is -2.46. The molecule has 0 aliphatic heterocycles. The summed E-state index contributed by atoms with van der Waals surface area (Å²) in [5.41, 5.74) is -1.03. The minimum atomic E-state index is -1.58. The molecule has 0 fully saturated rings. The average Bonchev–Trinajstić information content (AvgIpc) is 2.46. The molecule has 0 radical (unpaired) electrons. The summed E-state index contributed by atoms with van der Waals surface area (Å²) in [7, 11) is 0. The molecule has 132 valence electrons. The van der Waals surface area contributed by atoms with Crippen molar-refractivity contribution in [2.75, 3.05) is 0 Å². The molecule has 4 N–H and O–H groups in total. The largest absolute Gasteiger partial charge is 0.481 e. The Morgan fingerprint density at radius 1 is 1.00 bits per heavy atom. The van der Waals surface area contributed by atoms with Gasteiger partial charge in [-0.3, -0.25) is 19.2 Å². The van der Waals surface area contributed by atoms with Gasteiger partial charge in [0.1, 0.15) is 0 Å². The highest BCUT2D eigenvalue weighted by atomic mass is 16.4. The van der Waals surface area contributed by atoms with E-state index in [-0.39, 0.29) is 30.4 Å². The molecule has 8 nitrogen and oxygen atoms in total. The lowest BCUT2D eigenvalue weighted by molar-refractivity contribution is -0.159. The van der Waals surface area contributed by atoms with Crippen molar-refractivity contribution in [3.8, 4) is 0 Å². The van der Waals surface area contributed by atoms with Crippen LogP contribution >= 0.6 is 0 Å². The third-order valence-corrected chi connectivity index (χ3v) is 5.40. The van der Waals surface area contributed by atoms with E-state index in [0.29, 0.717) is 0 Å². The molecule has 0 aromatic heterocycles. The number of carbonyl (C=O) groups is 4. The van der Waals surface area contributed by atoms with Crippen LogP contribution in [0.1, 0.15) is 33.1 Å². The molecule has 24 heavy (non-hydrogen) atoms. The Kier molecular flexibility index (Phi) is 4.43. The second kappa shape index (κ2) is 5.92. The van der Waals surface area contributed by atoms with Crippen molar-refractivity contribution in [2.45, 2.75) is 33.1 Å². The fourth-order valence-corrected chi connectivity index (χ4v) is 4.17. The van der Waals surface area contributed by atoms with Crippen LogP contribution in [0.15, 0.2) is 11.1 Å². The SMILES string of the molecule is CC1CC(C(=O)O)CC2=C1C(C(=O)O)C(C(=O)O)CC2(C)C(=O)O. The zero-order valence-electron chi connectivity index (χ0n) is 13.4. The van der Waals surface area contributed by atoms with Crippen molar-refractivity contribution in [1.29, 1.82) is 0 Å². The van der Waals surface area contributed by atoms with Gasteiger partial charge < -0.3 is 20.4 Å². The van der Waals surface area contributed by atoms with Crippen LogP contribution in [0, 0.1) is 29.1 Å². The topological polar surface area (TPSA) is 149 Å². The summed E-state index contributed by atoms with van der Waals surface area (Å²) in [5.74, 6) is -8.97. The van der Waals surface area contributed by atoms with Crippen LogP contribution < -0.4 is 0 Å². The van der Waals surface area contributed by atoms with Crippen LogP contribution in [0.5, 0.6) is 0 Å². The summed E-state index contributed by atoms with van der Waals surface area (Å²) in [5, 5.41) is 37.9. The molecule has 5 atom stereocenters. The Morgan fingerprint density at radius 2 is 1.58 bits per heavy atom. The quantitative estimate of drug-likeness (QED) is 0.560. The van der Waals surface area contributed by atoms with Crippen LogP contribution in [0.2, 0.25) is 0 Å². The van der Waals surface area contributed by atoms with Gasteiger partial charge in [0, 0.05) is 0 Å². The summed E-state index contributed by atoms with van der Waals surface area (Å²) in [6, 6.07) is 0. The highest BCUT2D eigenvalue weighted by molar-refractivity contribution is 5.88. The molecule has 2 aliphatic rings. The monoisotopic (exact) mass is 340 g/mol. The van der Waals surface area contributed by atoms with Gasteiger partial charge in [-0.25, -0.2) is 0 Å². The number of carboxylic acid groups (broad SMARTS) is 4. The lowest BCUT2D eigenvalue weighted by atomic mass is 9.56. The van der Waals surface area contributed by atoms with Crippen LogP contribution in [0.25, 0.3) is 0 Å². The smallest absolute Gasteiger partial charge is 0.313 e. The number of aliphatic carboxylic acids is 4. The third kappa shape index (κ3) is 2.65. The Bertz CT molecular complexity index is 648. The molecular formula is C16H20O8. The molecule has 0 spiro atoms. The molecule has 0 aromatic rings. The summed E-state index contributed by atoms with van der Waals surface area (Å²) in [6.07, 6.45) is -0.263. The fraction of sp³-hybridized carbons (Fsp3) is 0.625. The molecule has 0 amide bonds. The zero-order valence-corrected chi connectivity index (χ0v) is 13.4. The number of rotatable bonds is 4. The molecule has 2 aliphatic carbocycles. The predicted octanol–water partition coefficient (Wildman–Crippen LogP) is 1.31. The molecule has 0 heterocycles. The van der Waals surface area contributed by atoms with Crippen LogP contribution in [0.3, 0.4) is 0 Å². The van der Waals surface area contributed by atoms with Gasteiger partial charge in [-0.05, 0) is 32.1 Å². The maximum Gasteiger partial charge on any atom is 0.313 e. The summed E-state index contributed by atoms with van der Waals surface area (Å²) in [6.45, 7) is 2.99. The van der Waals surface area contributed by atoms with Crippen molar-refractivity contribution in [3.63, 3.8) is 0 Å². The highest BCUT2D eigenvalue weighted by Crippen LogP contribution is 2.54. The molecule has 0 aromatic carbocycles. The molecule has 0 bridgehead atoms. The number of hydrogen-bond donors (Lipinski definition) is 4. The predicted molar refractivity (Wildman–Crippen MR) is 79.2 cm³/mol. The summed E-state index contributed by atoms with van der Waals surface area (Å²) < 4.78 is 0. The first-order valence-electron chi connectivity index (χ1n) is 7.66. The van der Waals surface area contributed by atoms with Gasteiger partial charge in [-0.15, -0.1) is 0 Å². The second-order valence-electron chi connectivity index (χ2n) is 6.91. The highest BCUT2D eigenvalue weighted by Gasteiger charge is 2.55. The first-order valence-corrected chi connectivity index (χ1v) is 7.66. The second-order valence-corrected chi connectivity index (χ2v) is 6.91. The molecular weight excluding hydrogens is 320 g/mol. The van der Waals surface area contributed by atoms with Crippen molar-refractivity contribution in [1.82, 2.24) is 0 Å². The Hall–Kier alpha value is -2.38. The standard InChI is InChI=1S/C16H20O8/c1-6-3-7(12(17)18)4-9-10(6)11(14(21)22)8(13(19)20)5-16(9,2)15(23)24/h6-8,11H,3-5H2,1-2H3,(H,17,18)(H,19,20)(H,21,22)(H,23,24). The van der Waals surface area contributed by atoms with Crippen LogP contribution in [0.4, 0.5) is 0 Å². The van der Waals surface area contributed by atoms with E-state index in [1.807, 2.05) is 0 Å². The van der Waals surface area contributed by atoms with Crippen molar-refractivity contribution in [3.05, 3.63) is 11.1 Å². The normalized spacial score (nSPS) is 35.9. The van der Waals surface area contributed by atoms with Crippen molar-refractivity contribution >= 4 is 23.9 Å². The molecule has 0 saturated carbocycles. The average molecular weight is 340 g/mol. The lowest BCUT2D eigenvalue weighted by Crippen LogP contribution is -2.48. The van der Waals surface area contributed by atoms with Gasteiger partial charge in [-0.1, -0.05) is 18.1 Å². The first-order chi connectivity index (χ1) is 11.0. The Morgan fingerprint density at radius 3 is 2.00 bits per heavy atom. The minimum Gasteiger partial charge on any atom is -0.481 e. The van der Waals surface area contributed by atoms with E-state index in [4.69, 9.17) is 0 Å². The van der Waals surface area contributed by atoms with Gasteiger partial charge in [0.05, 0.1) is 23.2 Å². The Labute approximate surface area is 137 Å². The molecule has 5 unspecified atom stereocenters. The molecule has 0 saturated heterocycles. The maximum absolute atomic E-state index is 11.8. The number of carboxylic acids is 4. The molecule has 2 rings (SSSR count). The fourth-order valence-electron chi connectivity index (χ4n) is 4.17. The van der Waals surface area contributed by atoms with E-state index >= 15 is 0 Å². The van der Waals surface area contributed by atoms with Gasteiger partial charge in [0.15, 0.2) is 0 Å². The van der Waals surface area contributed by atoms with Crippen LogP contribution in [-0.2, 0) is 19.2 Å². The minimum absolute atomic E-state index is 0.0616. The van der Waals surface area contributed by atoms with Crippen LogP contribution in [-0.4, -0.2) is 44.3 Å². The first kappa shape index (κ1) is 18.0. The maximum atomic E-state index is 11.8. The zero-order chi connectivity index (χ0) is 18.4. The summed E-state index contributed by atoms with van der Waals surface area (Å²) in [4.78, 5) is 46.5. The Balaban J connectivity index is 2.70. The van der Waals surface area contributed by atoms with E-state index < -0.39 is 53.0 Å². The van der Waals surface area contributed by atoms with Gasteiger partial charge >= 0.3 is 23.9 Å². The van der Waals surface area contributed by atoms with E-state index in [0.717, 1.165) is 0 Å². The number of hydrogen-bond acceptors (Lipinski definition) is 4. The van der Waals surface area contributed by atoms with E-state index in [9.17, 15) is 39.6 Å². The van der Waals surface area contributed by atoms with Gasteiger partial charge in [-0.2, -0.15) is 0 Å². The molecule has 8 heteroatoms. The van der Waals surface area contributed by atoms with E-state index in [1.165, 1.54) is 6.92 Å². The third-order valence-electron chi connectivity index (χ3n) is 5.40. The van der Waals surface area contributed by atoms with Gasteiger partial charge in [0.25, 0.3) is 0 Å². The van der Waals surface area contributed by atoms with Crippen molar-refractivity contribution < 1.29 is 39.6 Å². The van der Waals surface area contributed by atoms with E-state index in [1.54, 1.807) is 6.92 Å².